The number of nitrogens with one attached hydrogen (secondary N) is 1. The third-order valence-corrected chi connectivity index (χ3v) is 2.17. The van der Waals surface area contributed by atoms with Gasteiger partial charge in [0.15, 0.2) is 0 Å². The van der Waals surface area contributed by atoms with E-state index in [1.54, 1.807) is 20.8 Å². The number of hydrogen-bond acceptors (Lipinski definition) is 2. The summed E-state index contributed by atoms with van der Waals surface area (Å²) in [5.41, 5.74) is -0.559. The Bertz CT molecular complexity index is 157. The zero-order valence-electron chi connectivity index (χ0n) is 7.72. The van der Waals surface area contributed by atoms with Gasteiger partial charge in [0.05, 0.1) is 11.5 Å². The lowest BCUT2D eigenvalue weighted by atomic mass is 9.95. The predicted molar refractivity (Wildman–Crippen MR) is 49.2 cm³/mol. The number of aliphatic hydroxyl groups excluding tert-OH is 1. The van der Waals surface area contributed by atoms with E-state index in [-0.39, 0.29) is 18.3 Å². The Morgan fingerprint density at radius 1 is 1.67 bits per heavy atom. The zero-order valence-corrected chi connectivity index (χ0v) is 8.48. The fraction of sp³-hybridized carbons (Fsp3) is 0.875. The smallest absolute Gasteiger partial charge is 0.226 e. The molecule has 0 saturated carbocycles. The number of aliphatic hydroxyl groups is 1. The van der Waals surface area contributed by atoms with Crippen LogP contribution in [0.3, 0.4) is 0 Å². The first-order valence-corrected chi connectivity index (χ1v) is 4.46. The summed E-state index contributed by atoms with van der Waals surface area (Å²) >= 11 is 5.58. The summed E-state index contributed by atoms with van der Waals surface area (Å²) in [6.07, 6.45) is -0.514. The van der Waals surface area contributed by atoms with E-state index >= 15 is 0 Å². The molecule has 4 heteroatoms. The van der Waals surface area contributed by atoms with E-state index in [1.165, 1.54) is 0 Å². The van der Waals surface area contributed by atoms with Crippen molar-refractivity contribution in [3.05, 3.63) is 0 Å². The first-order chi connectivity index (χ1) is 5.40. The molecule has 0 saturated heterocycles. The van der Waals surface area contributed by atoms with Crippen molar-refractivity contribution in [3.63, 3.8) is 0 Å². The summed E-state index contributed by atoms with van der Waals surface area (Å²) in [4.78, 5) is 11.3. The minimum Gasteiger partial charge on any atom is -0.392 e. The van der Waals surface area contributed by atoms with Gasteiger partial charge in [0, 0.05) is 12.4 Å². The lowest BCUT2D eigenvalue weighted by Gasteiger charge is -2.20. The summed E-state index contributed by atoms with van der Waals surface area (Å²) in [6, 6.07) is 0. The molecule has 3 nitrogen and oxygen atoms in total. The Labute approximate surface area is 78.1 Å². The summed E-state index contributed by atoms with van der Waals surface area (Å²) in [6.45, 7) is 5.42. The van der Waals surface area contributed by atoms with Crippen molar-refractivity contribution < 1.29 is 9.90 Å². The second-order valence-corrected chi connectivity index (χ2v) is 3.84. The largest absolute Gasteiger partial charge is 0.392 e. The van der Waals surface area contributed by atoms with E-state index in [1.807, 2.05) is 0 Å². The molecule has 12 heavy (non-hydrogen) atoms. The highest BCUT2D eigenvalue weighted by molar-refractivity contribution is 6.19. The minimum atomic E-state index is -0.559. The maximum atomic E-state index is 11.3. The highest BCUT2D eigenvalue weighted by Crippen LogP contribution is 2.16. The molecule has 0 fully saturated rings. The van der Waals surface area contributed by atoms with Crippen molar-refractivity contribution in [3.8, 4) is 0 Å². The molecule has 0 aromatic carbocycles. The van der Waals surface area contributed by atoms with Crippen LogP contribution in [-0.4, -0.2) is 29.5 Å². The molecule has 0 aromatic rings. The minimum absolute atomic E-state index is 0.126. The molecule has 0 aliphatic carbocycles. The second kappa shape index (κ2) is 4.67. The van der Waals surface area contributed by atoms with Gasteiger partial charge in [-0.2, -0.15) is 0 Å². The van der Waals surface area contributed by atoms with Crippen molar-refractivity contribution in [2.45, 2.75) is 26.9 Å². The predicted octanol–water partition coefficient (Wildman–Crippen LogP) is 0.748. The molecule has 0 aromatic heterocycles. The van der Waals surface area contributed by atoms with E-state index in [4.69, 9.17) is 16.7 Å². The molecule has 0 aliphatic heterocycles. The molecule has 0 rings (SSSR count). The van der Waals surface area contributed by atoms with Crippen LogP contribution in [0, 0.1) is 5.41 Å². The van der Waals surface area contributed by atoms with Crippen LogP contribution in [0.1, 0.15) is 20.8 Å². The summed E-state index contributed by atoms with van der Waals surface area (Å²) < 4.78 is 0. The van der Waals surface area contributed by atoms with Gasteiger partial charge in [-0.3, -0.25) is 4.79 Å². The van der Waals surface area contributed by atoms with Gasteiger partial charge in [-0.15, -0.1) is 11.6 Å². The molecule has 0 bridgehead atoms. The molecule has 0 radical (unpaired) electrons. The maximum absolute atomic E-state index is 11.3. The average molecular weight is 194 g/mol. The molecule has 0 aliphatic rings. The molecular formula is C8H16ClNO2. The fourth-order valence-corrected chi connectivity index (χ4v) is 0.662. The summed E-state index contributed by atoms with van der Waals surface area (Å²) in [5.74, 6) is 0.150. The Morgan fingerprint density at radius 2 is 2.17 bits per heavy atom. The topological polar surface area (TPSA) is 49.3 Å². The van der Waals surface area contributed by atoms with Crippen LogP contribution in [0.4, 0.5) is 0 Å². The highest BCUT2D eigenvalue weighted by Gasteiger charge is 2.26. The first kappa shape index (κ1) is 11.7. The maximum Gasteiger partial charge on any atom is 0.226 e. The number of rotatable bonds is 4. The average Bonchev–Trinajstić information content (AvgIpc) is 2.00. The number of hydrogen-bond donors (Lipinski definition) is 2. The van der Waals surface area contributed by atoms with Crippen molar-refractivity contribution in [1.82, 2.24) is 5.32 Å². The van der Waals surface area contributed by atoms with Crippen LogP contribution in [0.5, 0.6) is 0 Å². The van der Waals surface area contributed by atoms with Crippen molar-refractivity contribution in [2.24, 2.45) is 5.41 Å². The van der Waals surface area contributed by atoms with E-state index < -0.39 is 11.5 Å². The monoisotopic (exact) mass is 193 g/mol. The lowest BCUT2D eigenvalue weighted by molar-refractivity contribution is -0.128. The fourth-order valence-electron chi connectivity index (χ4n) is 0.540. The van der Waals surface area contributed by atoms with Crippen LogP contribution < -0.4 is 5.32 Å². The Morgan fingerprint density at radius 3 is 2.50 bits per heavy atom. The van der Waals surface area contributed by atoms with Gasteiger partial charge >= 0.3 is 0 Å². The number of alkyl halides is 1. The number of halogens is 1. The third-order valence-electron chi connectivity index (χ3n) is 1.51. The Kier molecular flexibility index (Phi) is 4.57. The van der Waals surface area contributed by atoms with E-state index in [0.717, 1.165) is 0 Å². The molecule has 1 amide bonds. The Balaban J connectivity index is 3.88. The van der Waals surface area contributed by atoms with Gasteiger partial charge in [-0.1, -0.05) is 0 Å². The van der Waals surface area contributed by atoms with Gasteiger partial charge in [-0.05, 0) is 20.8 Å². The quantitative estimate of drug-likeness (QED) is 0.648. The zero-order chi connectivity index (χ0) is 9.78. The molecule has 0 heterocycles. The van der Waals surface area contributed by atoms with Crippen molar-refractivity contribution >= 4 is 17.5 Å². The lowest BCUT2D eigenvalue weighted by Crippen LogP contribution is -2.41. The molecule has 0 unspecified atom stereocenters. The molecule has 2 N–H and O–H groups in total. The highest BCUT2D eigenvalue weighted by atomic mass is 35.5. The van der Waals surface area contributed by atoms with E-state index in [9.17, 15) is 4.79 Å². The number of amides is 1. The van der Waals surface area contributed by atoms with E-state index in [2.05, 4.69) is 5.32 Å². The van der Waals surface area contributed by atoms with Crippen LogP contribution in [0.2, 0.25) is 0 Å². The SMILES string of the molecule is C[C@H](O)CNC(=O)C(C)(C)CCl. The van der Waals surface area contributed by atoms with Crippen LogP contribution in [0.25, 0.3) is 0 Å². The third kappa shape index (κ3) is 3.93. The summed E-state index contributed by atoms with van der Waals surface area (Å²) in [7, 11) is 0. The van der Waals surface area contributed by atoms with Gasteiger partial charge in [0.25, 0.3) is 0 Å². The molecule has 72 valence electrons. The summed E-state index contributed by atoms with van der Waals surface area (Å²) in [5, 5.41) is 11.5. The molecule has 1 atom stereocenters. The number of carbonyl (C=O) groups excluding carboxylic acids is 1. The van der Waals surface area contributed by atoms with Gasteiger partial charge < -0.3 is 10.4 Å². The van der Waals surface area contributed by atoms with Crippen molar-refractivity contribution in [2.75, 3.05) is 12.4 Å². The van der Waals surface area contributed by atoms with Crippen LogP contribution >= 0.6 is 11.6 Å². The molecular weight excluding hydrogens is 178 g/mol. The van der Waals surface area contributed by atoms with Crippen LogP contribution in [0.15, 0.2) is 0 Å². The van der Waals surface area contributed by atoms with Crippen LogP contribution in [-0.2, 0) is 4.79 Å². The van der Waals surface area contributed by atoms with Gasteiger partial charge in [0.1, 0.15) is 0 Å². The number of carbonyl (C=O) groups is 1. The van der Waals surface area contributed by atoms with Gasteiger partial charge in [-0.25, -0.2) is 0 Å². The normalized spacial score (nSPS) is 14.1. The first-order valence-electron chi connectivity index (χ1n) is 3.92. The standard InChI is InChI=1S/C8H16ClNO2/c1-6(11)4-10-7(12)8(2,3)5-9/h6,11H,4-5H2,1-3H3,(H,10,12)/t6-/m0/s1. The van der Waals surface area contributed by atoms with Crippen molar-refractivity contribution in [1.29, 1.82) is 0 Å². The van der Waals surface area contributed by atoms with Gasteiger partial charge in [0.2, 0.25) is 5.91 Å². The van der Waals surface area contributed by atoms with E-state index in [0.29, 0.717) is 0 Å². The molecule has 0 spiro atoms. The Hall–Kier alpha value is -0.280. The second-order valence-electron chi connectivity index (χ2n) is 3.58.